The summed E-state index contributed by atoms with van der Waals surface area (Å²) in [7, 11) is 0. The smallest absolute Gasteiger partial charge is 0.418 e. The van der Waals surface area contributed by atoms with E-state index in [0.29, 0.717) is 6.07 Å². The molecular weight excluding hydrogens is 658 g/mol. The first kappa shape index (κ1) is 34.0. The molecular formula is C28H26F10N6O3. The maximum absolute atomic E-state index is 13.8. The number of H-pyrrole nitrogens is 1. The van der Waals surface area contributed by atoms with E-state index in [1.54, 1.807) is 0 Å². The molecule has 0 saturated heterocycles. The number of carbonyl (C=O) groups excluding carboxylic acids is 2. The molecule has 0 aliphatic heterocycles. The molecule has 2 saturated carbocycles. The Balaban J connectivity index is 1.37. The highest BCUT2D eigenvalue weighted by molar-refractivity contribution is 5.99. The summed E-state index contributed by atoms with van der Waals surface area (Å²) in [6, 6.07) is 3.18. The molecule has 2 amide bonds. The minimum Gasteiger partial charge on any atom is -0.471 e. The van der Waals surface area contributed by atoms with Gasteiger partial charge in [-0.3, -0.25) is 9.59 Å². The summed E-state index contributed by atoms with van der Waals surface area (Å²) in [6.45, 7) is -1.54. The second-order valence-electron chi connectivity index (χ2n) is 11.3. The molecule has 256 valence electrons. The van der Waals surface area contributed by atoms with Gasteiger partial charge in [-0.2, -0.15) is 31.3 Å². The van der Waals surface area contributed by atoms with E-state index in [-0.39, 0.29) is 60.5 Å². The van der Waals surface area contributed by atoms with Crippen molar-refractivity contribution < 1.29 is 58.2 Å². The lowest BCUT2D eigenvalue weighted by molar-refractivity contribution is -0.182. The Kier molecular flexibility index (Phi) is 9.20. The molecule has 1 unspecified atom stereocenters. The van der Waals surface area contributed by atoms with Crippen LogP contribution in [0.5, 0.6) is 5.88 Å². The van der Waals surface area contributed by atoms with Crippen LogP contribution in [-0.4, -0.2) is 57.9 Å². The van der Waals surface area contributed by atoms with Gasteiger partial charge in [0, 0.05) is 19.0 Å². The van der Waals surface area contributed by atoms with Gasteiger partial charge in [0.1, 0.15) is 17.0 Å². The standard InChI is InChI=1S/C28H26F10N6O3/c29-20(30)11-47-24-15(22(45)40-14-4-2-13(3-5-14)27(33,34)35)8-19-21(43-24)44-25(42-19)41-18-7-12(1-6-16(18)28(36,37)38)10-39-23(46)17-9-26(17,31)32/h1,6-8,13-14,17,20H,2-5,9-11H2,(H,39,46)(H,40,45)(H2,41,42,43,44)/t13-,14-,17?. The molecule has 3 aromatic rings. The number of anilines is 2. The van der Waals surface area contributed by atoms with Crippen molar-refractivity contribution in [1.29, 1.82) is 0 Å². The summed E-state index contributed by atoms with van der Waals surface area (Å²) in [4.78, 5) is 35.6. The predicted octanol–water partition coefficient (Wildman–Crippen LogP) is 6.49. The number of halogens is 10. The Bertz CT molecular complexity index is 1630. The van der Waals surface area contributed by atoms with Gasteiger partial charge in [-0.25, -0.2) is 22.5 Å². The van der Waals surface area contributed by atoms with Crippen molar-refractivity contribution in [2.24, 2.45) is 11.8 Å². The molecule has 47 heavy (non-hydrogen) atoms. The van der Waals surface area contributed by atoms with Gasteiger partial charge in [0.2, 0.25) is 17.7 Å². The topological polar surface area (TPSA) is 121 Å². The molecule has 9 nitrogen and oxygen atoms in total. The zero-order valence-corrected chi connectivity index (χ0v) is 24.0. The number of amides is 2. The maximum Gasteiger partial charge on any atom is 0.418 e. The fourth-order valence-electron chi connectivity index (χ4n) is 5.22. The second-order valence-corrected chi connectivity index (χ2v) is 11.3. The van der Waals surface area contributed by atoms with Crippen LogP contribution in [0.15, 0.2) is 24.3 Å². The van der Waals surface area contributed by atoms with Crippen LogP contribution in [0, 0.1) is 11.8 Å². The lowest BCUT2D eigenvalue weighted by Gasteiger charge is -2.30. The Morgan fingerprint density at radius 3 is 2.30 bits per heavy atom. The van der Waals surface area contributed by atoms with Crippen LogP contribution in [-0.2, 0) is 17.5 Å². The number of hydrogen-bond donors (Lipinski definition) is 4. The number of imidazole rings is 1. The average Bonchev–Trinajstić information content (AvgIpc) is 3.44. The van der Waals surface area contributed by atoms with Crippen LogP contribution in [0.1, 0.15) is 53.6 Å². The number of hydrogen-bond acceptors (Lipinski definition) is 6. The van der Waals surface area contributed by atoms with Crippen molar-refractivity contribution >= 4 is 34.6 Å². The summed E-state index contributed by atoms with van der Waals surface area (Å²) in [5.74, 6) is -8.91. The molecule has 2 heterocycles. The van der Waals surface area contributed by atoms with Crippen LogP contribution in [0.25, 0.3) is 11.2 Å². The van der Waals surface area contributed by atoms with Crippen molar-refractivity contribution in [2.75, 3.05) is 11.9 Å². The number of benzene rings is 1. The fourth-order valence-corrected chi connectivity index (χ4v) is 5.22. The highest BCUT2D eigenvalue weighted by Gasteiger charge is 2.61. The zero-order chi connectivity index (χ0) is 34.3. The highest BCUT2D eigenvalue weighted by atomic mass is 19.4. The van der Waals surface area contributed by atoms with E-state index in [9.17, 15) is 53.5 Å². The molecule has 0 radical (unpaired) electrons. The summed E-state index contributed by atoms with van der Waals surface area (Å²) in [5, 5.41) is 7.23. The number of nitrogens with one attached hydrogen (secondary N) is 4. The van der Waals surface area contributed by atoms with Crippen molar-refractivity contribution in [2.45, 2.75) is 69.4 Å². The van der Waals surface area contributed by atoms with E-state index in [0.717, 1.165) is 18.2 Å². The first-order chi connectivity index (χ1) is 21.9. The third-order valence-corrected chi connectivity index (χ3v) is 7.80. The highest BCUT2D eigenvalue weighted by Crippen LogP contribution is 2.48. The minimum atomic E-state index is -4.87. The molecule has 4 N–H and O–H groups in total. The average molecular weight is 685 g/mol. The summed E-state index contributed by atoms with van der Waals surface area (Å²) >= 11 is 0. The van der Waals surface area contributed by atoms with Crippen molar-refractivity contribution in [3.8, 4) is 5.88 Å². The quantitative estimate of drug-likeness (QED) is 0.182. The number of pyridine rings is 1. The van der Waals surface area contributed by atoms with Gasteiger partial charge in [-0.1, -0.05) is 6.07 Å². The van der Waals surface area contributed by atoms with Crippen LogP contribution in [0.4, 0.5) is 55.5 Å². The fraction of sp³-hybridized carbons (Fsp3) is 0.500. The number of aromatic nitrogens is 3. The summed E-state index contributed by atoms with van der Waals surface area (Å²) < 4.78 is 138. The maximum atomic E-state index is 13.8. The van der Waals surface area contributed by atoms with Gasteiger partial charge in [0.05, 0.1) is 17.2 Å². The van der Waals surface area contributed by atoms with Crippen molar-refractivity contribution in [1.82, 2.24) is 25.6 Å². The van der Waals surface area contributed by atoms with Crippen molar-refractivity contribution in [3.63, 3.8) is 0 Å². The van der Waals surface area contributed by atoms with Crippen LogP contribution >= 0.6 is 0 Å². The van der Waals surface area contributed by atoms with Gasteiger partial charge in [-0.15, -0.1) is 0 Å². The van der Waals surface area contributed by atoms with Crippen LogP contribution in [0.3, 0.4) is 0 Å². The first-order valence-corrected chi connectivity index (χ1v) is 14.2. The molecule has 19 heteroatoms. The molecule has 2 fully saturated rings. The van der Waals surface area contributed by atoms with E-state index in [1.165, 1.54) is 0 Å². The molecule has 0 spiro atoms. The lowest BCUT2D eigenvalue weighted by Crippen LogP contribution is -2.40. The van der Waals surface area contributed by atoms with E-state index in [1.807, 2.05) is 0 Å². The molecule has 2 aliphatic carbocycles. The Hall–Kier alpha value is -4.32. The number of rotatable bonds is 10. The molecule has 1 aromatic carbocycles. The number of alkyl halides is 10. The molecule has 2 aromatic heterocycles. The largest absolute Gasteiger partial charge is 0.471 e. The van der Waals surface area contributed by atoms with Gasteiger partial charge < -0.3 is 25.7 Å². The normalized spacial score (nSPS) is 21.0. The number of carbonyl (C=O) groups is 2. The Morgan fingerprint density at radius 2 is 1.70 bits per heavy atom. The van der Waals surface area contributed by atoms with E-state index < -0.39 is 84.6 Å². The predicted molar refractivity (Wildman–Crippen MR) is 144 cm³/mol. The van der Waals surface area contributed by atoms with Crippen LogP contribution < -0.4 is 20.7 Å². The second kappa shape index (κ2) is 12.7. The molecule has 0 bridgehead atoms. The van der Waals surface area contributed by atoms with Crippen molar-refractivity contribution in [3.05, 3.63) is 41.0 Å². The number of fused-ring (bicyclic) bond motifs is 1. The van der Waals surface area contributed by atoms with E-state index in [4.69, 9.17) is 4.74 Å². The van der Waals surface area contributed by atoms with E-state index in [2.05, 4.69) is 30.9 Å². The first-order valence-electron chi connectivity index (χ1n) is 14.2. The van der Waals surface area contributed by atoms with Gasteiger partial charge >= 0.3 is 12.4 Å². The Labute approximate surface area is 258 Å². The lowest BCUT2D eigenvalue weighted by atomic mass is 9.85. The number of aromatic amines is 1. The molecule has 2 aliphatic rings. The summed E-state index contributed by atoms with van der Waals surface area (Å²) in [5.41, 5.74) is -2.26. The third-order valence-electron chi connectivity index (χ3n) is 7.80. The number of ether oxygens (including phenoxy) is 1. The third kappa shape index (κ3) is 8.16. The minimum absolute atomic E-state index is 0.00658. The SMILES string of the molecule is O=C(N[C@H]1CC[C@H](C(F)(F)F)CC1)c1cc2nc(Nc3cc(CNC(=O)C4CC4(F)F)ccc3C(F)(F)F)[nH]c2nc1OCC(F)F. The van der Waals surface area contributed by atoms with E-state index >= 15 is 0 Å². The molecule has 5 rings (SSSR count). The number of nitrogens with zero attached hydrogens (tertiary/aromatic N) is 2. The monoisotopic (exact) mass is 684 g/mol. The van der Waals surface area contributed by atoms with Gasteiger partial charge in [0.25, 0.3) is 18.3 Å². The summed E-state index contributed by atoms with van der Waals surface area (Å²) in [6.07, 6.45) is -13.3. The van der Waals surface area contributed by atoms with Crippen LogP contribution in [0.2, 0.25) is 0 Å². The zero-order valence-electron chi connectivity index (χ0n) is 24.0. The molecule has 1 atom stereocenters. The Morgan fingerprint density at radius 1 is 1.02 bits per heavy atom. The van der Waals surface area contributed by atoms with Gasteiger partial charge in [-0.05, 0) is 49.4 Å². The van der Waals surface area contributed by atoms with Gasteiger partial charge in [0.15, 0.2) is 12.3 Å².